The van der Waals surface area contributed by atoms with Gasteiger partial charge in [0.2, 0.25) is 9.84 Å². The van der Waals surface area contributed by atoms with E-state index in [1.165, 1.54) is 12.1 Å². The van der Waals surface area contributed by atoms with Crippen molar-refractivity contribution in [2.24, 2.45) is 5.92 Å². The zero-order valence-electron chi connectivity index (χ0n) is 12.3. The van der Waals surface area contributed by atoms with Gasteiger partial charge in [-0.3, -0.25) is 4.79 Å². The summed E-state index contributed by atoms with van der Waals surface area (Å²) in [5.74, 6) is -3.37. The van der Waals surface area contributed by atoms with E-state index in [1.807, 2.05) is 0 Å². The van der Waals surface area contributed by atoms with Gasteiger partial charge in [0.25, 0.3) is 5.91 Å². The number of rotatable bonds is 4. The van der Waals surface area contributed by atoms with Crippen molar-refractivity contribution >= 4 is 15.7 Å². The molecule has 4 nitrogen and oxygen atoms in total. The molecule has 0 unspecified atom stereocenters. The summed E-state index contributed by atoms with van der Waals surface area (Å²) >= 11 is 0. The quantitative estimate of drug-likeness (QED) is 0.922. The lowest BCUT2D eigenvalue weighted by Gasteiger charge is -2.29. The molecule has 1 fully saturated rings. The van der Waals surface area contributed by atoms with Crippen molar-refractivity contribution in [3.05, 3.63) is 29.8 Å². The standard InChI is InChI=1S/C15H19F2NO3S/c1-10-4-2-3-5-13(10)18-14(19)11-6-8-12(9-7-11)22(20,21)15(16)17/h6-10,13,15H,2-5H2,1H3,(H,18,19)/t10-,13-/m1/s1. The number of hydrogen-bond acceptors (Lipinski definition) is 3. The van der Waals surface area contributed by atoms with Crippen molar-refractivity contribution in [1.82, 2.24) is 5.32 Å². The second kappa shape index (κ2) is 6.73. The normalized spacial score (nSPS) is 22.5. The molecular formula is C15H19F2NO3S. The highest BCUT2D eigenvalue weighted by molar-refractivity contribution is 7.91. The molecule has 2 rings (SSSR count). The number of nitrogens with one attached hydrogen (secondary N) is 1. The van der Waals surface area contributed by atoms with E-state index in [0.29, 0.717) is 5.92 Å². The van der Waals surface area contributed by atoms with E-state index in [4.69, 9.17) is 0 Å². The van der Waals surface area contributed by atoms with E-state index < -0.39 is 20.5 Å². The third kappa shape index (κ3) is 3.63. The summed E-state index contributed by atoms with van der Waals surface area (Å²) in [5, 5.41) is 2.93. The zero-order valence-corrected chi connectivity index (χ0v) is 13.1. The minimum Gasteiger partial charge on any atom is -0.349 e. The van der Waals surface area contributed by atoms with Crippen LogP contribution in [0.3, 0.4) is 0 Å². The Hall–Kier alpha value is -1.50. The van der Waals surface area contributed by atoms with Crippen LogP contribution in [0.2, 0.25) is 0 Å². The van der Waals surface area contributed by atoms with Crippen molar-refractivity contribution in [2.75, 3.05) is 0 Å². The molecule has 2 atom stereocenters. The number of halogens is 2. The molecule has 1 N–H and O–H groups in total. The van der Waals surface area contributed by atoms with Crippen LogP contribution in [-0.4, -0.2) is 26.1 Å². The Morgan fingerprint density at radius 2 is 1.77 bits per heavy atom. The van der Waals surface area contributed by atoms with E-state index in [1.54, 1.807) is 0 Å². The summed E-state index contributed by atoms with van der Waals surface area (Å²) < 4.78 is 47.5. The van der Waals surface area contributed by atoms with E-state index in [9.17, 15) is 22.0 Å². The average Bonchev–Trinajstić information content (AvgIpc) is 2.49. The molecule has 0 aromatic heterocycles. The first-order valence-electron chi connectivity index (χ1n) is 7.25. The number of benzene rings is 1. The van der Waals surface area contributed by atoms with Gasteiger partial charge in [-0.05, 0) is 43.0 Å². The lowest BCUT2D eigenvalue weighted by molar-refractivity contribution is 0.0910. The maximum atomic E-state index is 12.4. The number of sulfone groups is 1. The predicted octanol–water partition coefficient (Wildman–Crippen LogP) is 2.99. The third-order valence-corrected chi connectivity index (χ3v) is 5.51. The molecule has 122 valence electrons. The van der Waals surface area contributed by atoms with Gasteiger partial charge >= 0.3 is 5.76 Å². The summed E-state index contributed by atoms with van der Waals surface area (Å²) in [6.07, 6.45) is 4.22. The highest BCUT2D eigenvalue weighted by Gasteiger charge is 2.27. The van der Waals surface area contributed by atoms with Gasteiger partial charge in [-0.2, -0.15) is 8.78 Å². The first kappa shape index (κ1) is 16.9. The summed E-state index contributed by atoms with van der Waals surface area (Å²) in [5.41, 5.74) is 0.269. The van der Waals surface area contributed by atoms with Gasteiger partial charge in [-0.15, -0.1) is 0 Å². The van der Waals surface area contributed by atoms with Crippen LogP contribution in [0, 0.1) is 5.92 Å². The fourth-order valence-electron chi connectivity index (χ4n) is 2.68. The van der Waals surface area contributed by atoms with Crippen LogP contribution in [0.25, 0.3) is 0 Å². The lowest BCUT2D eigenvalue weighted by atomic mass is 9.86. The van der Waals surface area contributed by atoms with Gasteiger partial charge in [0.1, 0.15) is 0 Å². The molecule has 0 bridgehead atoms. The van der Waals surface area contributed by atoms with Gasteiger partial charge < -0.3 is 5.32 Å². The highest BCUT2D eigenvalue weighted by atomic mass is 32.2. The molecule has 0 spiro atoms. The van der Waals surface area contributed by atoms with Crippen LogP contribution in [0.15, 0.2) is 29.2 Å². The first-order chi connectivity index (χ1) is 10.3. The fourth-order valence-corrected chi connectivity index (χ4v) is 3.40. The predicted molar refractivity (Wildman–Crippen MR) is 78.5 cm³/mol. The minimum atomic E-state index is -4.62. The smallest absolute Gasteiger partial charge is 0.341 e. The molecule has 7 heteroatoms. The van der Waals surface area contributed by atoms with Crippen LogP contribution in [0.5, 0.6) is 0 Å². The van der Waals surface area contributed by atoms with Crippen molar-refractivity contribution in [3.63, 3.8) is 0 Å². The van der Waals surface area contributed by atoms with E-state index in [2.05, 4.69) is 12.2 Å². The molecule has 1 aliphatic rings. The number of carbonyl (C=O) groups excluding carboxylic acids is 1. The van der Waals surface area contributed by atoms with Crippen molar-refractivity contribution in [3.8, 4) is 0 Å². The summed E-state index contributed by atoms with van der Waals surface area (Å²) in [6.45, 7) is 2.09. The van der Waals surface area contributed by atoms with Crippen LogP contribution in [0.4, 0.5) is 8.78 Å². The van der Waals surface area contributed by atoms with Gasteiger partial charge in [-0.1, -0.05) is 19.8 Å². The Morgan fingerprint density at radius 1 is 1.18 bits per heavy atom. The van der Waals surface area contributed by atoms with Gasteiger partial charge in [-0.25, -0.2) is 8.42 Å². The van der Waals surface area contributed by atoms with Crippen LogP contribution in [0.1, 0.15) is 43.0 Å². The zero-order chi connectivity index (χ0) is 16.3. The SMILES string of the molecule is C[C@@H]1CCCC[C@H]1NC(=O)c1ccc(S(=O)(=O)C(F)F)cc1. The third-order valence-electron chi connectivity index (χ3n) is 4.11. The van der Waals surface area contributed by atoms with Crippen molar-refractivity contribution < 1.29 is 22.0 Å². The summed E-state index contributed by atoms with van der Waals surface area (Å²) in [7, 11) is -4.62. The molecule has 1 amide bonds. The topological polar surface area (TPSA) is 63.2 Å². The number of carbonyl (C=O) groups is 1. The second-order valence-corrected chi connectivity index (χ2v) is 7.59. The second-order valence-electron chi connectivity index (χ2n) is 5.67. The number of amides is 1. The highest BCUT2D eigenvalue weighted by Crippen LogP contribution is 2.24. The maximum Gasteiger partial charge on any atom is 0.341 e. The number of hydrogen-bond donors (Lipinski definition) is 1. The van der Waals surface area contributed by atoms with E-state index >= 15 is 0 Å². The van der Waals surface area contributed by atoms with Gasteiger partial charge in [0, 0.05) is 11.6 Å². The maximum absolute atomic E-state index is 12.4. The summed E-state index contributed by atoms with van der Waals surface area (Å²) in [4.78, 5) is 11.7. The molecule has 1 aromatic rings. The molecule has 0 aliphatic heterocycles. The van der Waals surface area contributed by atoms with Gasteiger partial charge in [0.15, 0.2) is 0 Å². The Kier molecular flexibility index (Phi) is 5.16. The molecule has 0 saturated heterocycles. The number of alkyl halides is 2. The van der Waals surface area contributed by atoms with Crippen LogP contribution < -0.4 is 5.32 Å². The Labute approximate surface area is 128 Å². The minimum absolute atomic E-state index is 0.103. The largest absolute Gasteiger partial charge is 0.349 e. The molecule has 22 heavy (non-hydrogen) atoms. The van der Waals surface area contributed by atoms with Crippen LogP contribution in [-0.2, 0) is 9.84 Å². The molecule has 0 heterocycles. The molecule has 1 aromatic carbocycles. The summed E-state index contributed by atoms with van der Waals surface area (Å²) in [6, 6.07) is 4.71. The molecular weight excluding hydrogens is 312 g/mol. The van der Waals surface area contributed by atoms with Gasteiger partial charge in [0.05, 0.1) is 4.90 Å². The average molecular weight is 331 g/mol. The Morgan fingerprint density at radius 3 is 2.32 bits per heavy atom. The lowest BCUT2D eigenvalue weighted by Crippen LogP contribution is -2.41. The fraction of sp³-hybridized carbons (Fsp3) is 0.533. The molecule has 0 radical (unpaired) electrons. The van der Waals surface area contributed by atoms with Crippen LogP contribution >= 0.6 is 0 Å². The Bertz CT molecular complexity index is 629. The first-order valence-corrected chi connectivity index (χ1v) is 8.80. The van der Waals surface area contributed by atoms with Crippen molar-refractivity contribution in [2.45, 2.75) is 49.3 Å². The van der Waals surface area contributed by atoms with E-state index in [-0.39, 0.29) is 17.5 Å². The molecule has 1 aliphatic carbocycles. The van der Waals surface area contributed by atoms with Crippen molar-refractivity contribution in [1.29, 1.82) is 0 Å². The monoisotopic (exact) mass is 331 g/mol. The molecule has 1 saturated carbocycles. The van der Waals surface area contributed by atoms with E-state index in [0.717, 1.165) is 37.8 Å². The Balaban J connectivity index is 2.08.